The van der Waals surface area contributed by atoms with E-state index in [0.717, 1.165) is 50.2 Å². The summed E-state index contributed by atoms with van der Waals surface area (Å²) in [6, 6.07) is 5.78. The first-order valence-corrected chi connectivity index (χ1v) is 8.60. The summed E-state index contributed by atoms with van der Waals surface area (Å²) in [6.45, 7) is 1.64. The molecule has 3 rings (SSSR count). The molecule has 2 aliphatic rings. The van der Waals surface area contributed by atoms with Crippen LogP contribution in [0.1, 0.15) is 25.7 Å². The summed E-state index contributed by atoms with van der Waals surface area (Å²) in [5, 5.41) is 3.85. The maximum absolute atomic E-state index is 12.4. The highest BCUT2D eigenvalue weighted by Gasteiger charge is 2.33. The molecule has 0 bridgehead atoms. The molecule has 23 heavy (non-hydrogen) atoms. The largest absolute Gasteiger partial charge is 0.495 e. The van der Waals surface area contributed by atoms with Gasteiger partial charge in [-0.05, 0) is 37.5 Å². The maximum Gasteiger partial charge on any atom is 0.224 e. The van der Waals surface area contributed by atoms with Gasteiger partial charge in [-0.1, -0.05) is 18.0 Å². The predicted octanol–water partition coefficient (Wildman–Crippen LogP) is 2.17. The van der Waals surface area contributed by atoms with E-state index in [9.17, 15) is 4.79 Å². The molecule has 0 aromatic heterocycles. The van der Waals surface area contributed by atoms with Crippen molar-refractivity contribution in [1.29, 1.82) is 0 Å². The van der Waals surface area contributed by atoms with Crippen LogP contribution in [0.2, 0.25) is 5.02 Å². The van der Waals surface area contributed by atoms with Gasteiger partial charge in [0.2, 0.25) is 5.91 Å². The second-order valence-electron chi connectivity index (χ2n) is 6.46. The molecule has 126 valence electrons. The van der Waals surface area contributed by atoms with Gasteiger partial charge in [-0.3, -0.25) is 4.79 Å². The standard InChI is InChI=1S/C17H24ClN3O2/c1-23-16-6-5-11(18)9-15(16)21-8-7-12(10-21)20-17(22)13-3-2-4-14(13)19/h5-6,9,12-14H,2-4,7-8,10,19H2,1H3,(H,20,22)/t12-,13+,14+/m0/s1. The number of hydrogen-bond acceptors (Lipinski definition) is 4. The Labute approximate surface area is 142 Å². The smallest absolute Gasteiger partial charge is 0.224 e. The molecule has 3 atom stereocenters. The first-order chi connectivity index (χ1) is 11.1. The van der Waals surface area contributed by atoms with Crippen molar-refractivity contribution < 1.29 is 9.53 Å². The molecule has 1 saturated carbocycles. The van der Waals surface area contributed by atoms with E-state index in [1.165, 1.54) is 0 Å². The summed E-state index contributed by atoms with van der Waals surface area (Å²) < 4.78 is 5.42. The monoisotopic (exact) mass is 337 g/mol. The number of nitrogens with one attached hydrogen (secondary N) is 1. The number of carbonyl (C=O) groups is 1. The number of benzene rings is 1. The number of carbonyl (C=O) groups excluding carboxylic acids is 1. The molecule has 5 nitrogen and oxygen atoms in total. The molecule has 1 saturated heterocycles. The van der Waals surface area contributed by atoms with Crippen LogP contribution in [0.5, 0.6) is 5.75 Å². The minimum Gasteiger partial charge on any atom is -0.495 e. The van der Waals surface area contributed by atoms with Crippen LogP contribution >= 0.6 is 11.6 Å². The van der Waals surface area contributed by atoms with E-state index in [4.69, 9.17) is 22.1 Å². The fraction of sp³-hybridized carbons (Fsp3) is 0.588. The van der Waals surface area contributed by atoms with Crippen LogP contribution in [0.25, 0.3) is 0 Å². The van der Waals surface area contributed by atoms with E-state index < -0.39 is 0 Å². The minimum atomic E-state index is -0.0234. The Hall–Kier alpha value is -1.46. The molecule has 1 aliphatic heterocycles. The minimum absolute atomic E-state index is 0.0144. The number of nitrogens with two attached hydrogens (primary N) is 1. The number of ether oxygens (including phenoxy) is 1. The Morgan fingerprint density at radius 2 is 2.22 bits per heavy atom. The lowest BCUT2D eigenvalue weighted by atomic mass is 10.0. The number of rotatable bonds is 4. The zero-order valence-corrected chi connectivity index (χ0v) is 14.2. The van der Waals surface area contributed by atoms with Gasteiger partial charge >= 0.3 is 0 Å². The topological polar surface area (TPSA) is 67.6 Å². The molecule has 1 amide bonds. The highest BCUT2D eigenvalue weighted by Crippen LogP contribution is 2.33. The van der Waals surface area contributed by atoms with E-state index in [1.54, 1.807) is 7.11 Å². The lowest BCUT2D eigenvalue weighted by Gasteiger charge is -2.23. The molecule has 1 aromatic carbocycles. The van der Waals surface area contributed by atoms with Crippen LogP contribution in [-0.2, 0) is 4.79 Å². The Balaban J connectivity index is 1.62. The van der Waals surface area contributed by atoms with Gasteiger partial charge in [0.25, 0.3) is 0 Å². The molecule has 3 N–H and O–H groups in total. The molecule has 0 spiro atoms. The van der Waals surface area contributed by atoms with Crippen LogP contribution in [0, 0.1) is 5.92 Å². The Bertz CT molecular complexity index is 581. The maximum atomic E-state index is 12.4. The second-order valence-corrected chi connectivity index (χ2v) is 6.89. The van der Waals surface area contributed by atoms with Crippen molar-refractivity contribution in [3.8, 4) is 5.75 Å². The van der Waals surface area contributed by atoms with Crippen LogP contribution in [0.15, 0.2) is 18.2 Å². The van der Waals surface area contributed by atoms with E-state index in [-0.39, 0.29) is 23.9 Å². The average molecular weight is 338 g/mol. The first-order valence-electron chi connectivity index (χ1n) is 8.23. The summed E-state index contributed by atoms with van der Waals surface area (Å²) in [7, 11) is 1.66. The van der Waals surface area contributed by atoms with Gasteiger partial charge in [-0.2, -0.15) is 0 Å². The van der Waals surface area contributed by atoms with Gasteiger partial charge in [0.05, 0.1) is 18.7 Å². The summed E-state index contributed by atoms with van der Waals surface area (Å²) in [5.74, 6) is 0.892. The van der Waals surface area contributed by atoms with Crippen LogP contribution in [0.3, 0.4) is 0 Å². The van der Waals surface area contributed by atoms with E-state index >= 15 is 0 Å². The third-order valence-corrected chi connectivity index (χ3v) is 5.16. The van der Waals surface area contributed by atoms with Crippen molar-refractivity contribution in [2.75, 3.05) is 25.1 Å². The van der Waals surface area contributed by atoms with E-state index in [1.807, 2.05) is 18.2 Å². The van der Waals surface area contributed by atoms with Crippen LogP contribution < -0.4 is 20.7 Å². The van der Waals surface area contributed by atoms with Gasteiger partial charge in [-0.25, -0.2) is 0 Å². The number of amides is 1. The van der Waals surface area contributed by atoms with E-state index in [0.29, 0.717) is 5.02 Å². The van der Waals surface area contributed by atoms with Crippen molar-refractivity contribution in [3.05, 3.63) is 23.2 Å². The summed E-state index contributed by atoms with van der Waals surface area (Å²) in [4.78, 5) is 14.6. The molecule has 6 heteroatoms. The third kappa shape index (κ3) is 3.56. The van der Waals surface area contributed by atoms with Gasteiger partial charge in [0.15, 0.2) is 0 Å². The zero-order valence-electron chi connectivity index (χ0n) is 13.4. The van der Waals surface area contributed by atoms with Gasteiger partial charge < -0.3 is 20.7 Å². The Morgan fingerprint density at radius 1 is 1.39 bits per heavy atom. The highest BCUT2D eigenvalue weighted by atomic mass is 35.5. The summed E-state index contributed by atoms with van der Waals surface area (Å²) in [5.41, 5.74) is 7.01. The Kier molecular flexibility index (Phi) is 4.97. The lowest BCUT2D eigenvalue weighted by molar-refractivity contribution is -0.125. The zero-order chi connectivity index (χ0) is 16.4. The Morgan fingerprint density at radius 3 is 2.91 bits per heavy atom. The number of hydrogen-bond donors (Lipinski definition) is 2. The number of halogens is 1. The summed E-state index contributed by atoms with van der Waals surface area (Å²) >= 11 is 6.11. The van der Waals surface area contributed by atoms with E-state index in [2.05, 4.69) is 10.2 Å². The van der Waals surface area contributed by atoms with Gasteiger partial charge in [0, 0.05) is 30.2 Å². The molecule has 2 fully saturated rings. The van der Waals surface area contributed by atoms with Gasteiger partial charge in [-0.15, -0.1) is 0 Å². The lowest BCUT2D eigenvalue weighted by Crippen LogP contribution is -2.44. The molecule has 0 radical (unpaired) electrons. The number of anilines is 1. The summed E-state index contributed by atoms with van der Waals surface area (Å²) in [6.07, 6.45) is 3.83. The molecular formula is C17H24ClN3O2. The normalized spacial score (nSPS) is 27.3. The fourth-order valence-corrected chi connectivity index (χ4v) is 3.80. The molecular weight excluding hydrogens is 314 g/mol. The van der Waals surface area contributed by atoms with Crippen LogP contribution in [-0.4, -0.2) is 38.2 Å². The quantitative estimate of drug-likeness (QED) is 0.883. The van der Waals surface area contributed by atoms with Crippen molar-refractivity contribution in [1.82, 2.24) is 5.32 Å². The number of nitrogens with zero attached hydrogens (tertiary/aromatic N) is 1. The average Bonchev–Trinajstić information content (AvgIpc) is 3.16. The first kappa shape index (κ1) is 16.4. The number of methoxy groups -OCH3 is 1. The molecule has 1 aliphatic carbocycles. The van der Waals surface area contributed by atoms with Crippen molar-refractivity contribution in [3.63, 3.8) is 0 Å². The van der Waals surface area contributed by atoms with Crippen molar-refractivity contribution >= 4 is 23.2 Å². The third-order valence-electron chi connectivity index (χ3n) is 4.92. The second kappa shape index (κ2) is 6.97. The predicted molar refractivity (Wildman–Crippen MR) is 92.1 cm³/mol. The SMILES string of the molecule is COc1ccc(Cl)cc1N1CC[C@H](NC(=O)[C@@H]2CCC[C@H]2N)C1. The molecule has 1 heterocycles. The highest BCUT2D eigenvalue weighted by molar-refractivity contribution is 6.30. The van der Waals surface area contributed by atoms with Crippen LogP contribution in [0.4, 0.5) is 5.69 Å². The fourth-order valence-electron chi connectivity index (χ4n) is 3.63. The van der Waals surface area contributed by atoms with Gasteiger partial charge in [0.1, 0.15) is 5.75 Å². The molecule has 0 unspecified atom stereocenters. The van der Waals surface area contributed by atoms with Crippen molar-refractivity contribution in [2.24, 2.45) is 11.7 Å². The van der Waals surface area contributed by atoms with Crippen molar-refractivity contribution in [2.45, 2.75) is 37.8 Å². The molecule has 1 aromatic rings.